The van der Waals surface area contributed by atoms with Crippen molar-refractivity contribution in [2.75, 3.05) is 31.9 Å². The third-order valence-corrected chi connectivity index (χ3v) is 4.49. The molecule has 0 unspecified atom stereocenters. The number of thioether (sulfide) groups is 1. The highest BCUT2D eigenvalue weighted by atomic mass is 127. The van der Waals surface area contributed by atoms with Crippen LogP contribution in [0.1, 0.15) is 40.0 Å². The summed E-state index contributed by atoms with van der Waals surface area (Å²) in [6.07, 6.45) is -4.15. The third-order valence-electron chi connectivity index (χ3n) is 3.19. The summed E-state index contributed by atoms with van der Waals surface area (Å²) in [5, 5.41) is 3.24. The zero-order valence-corrected chi connectivity index (χ0v) is 16.6. The first-order valence-electron chi connectivity index (χ1n) is 7.47. The Morgan fingerprint density at radius 2 is 2.00 bits per heavy atom. The summed E-state index contributed by atoms with van der Waals surface area (Å²) in [5.74, 6) is 1.88. The van der Waals surface area contributed by atoms with Crippen LogP contribution in [0.2, 0.25) is 0 Å². The van der Waals surface area contributed by atoms with Crippen LogP contribution >= 0.6 is 35.7 Å². The second-order valence-corrected chi connectivity index (χ2v) is 7.64. The van der Waals surface area contributed by atoms with Crippen molar-refractivity contribution in [3.05, 3.63) is 0 Å². The Labute approximate surface area is 152 Å². The Morgan fingerprint density at radius 3 is 2.55 bits per heavy atom. The van der Waals surface area contributed by atoms with E-state index in [1.54, 1.807) is 0 Å². The van der Waals surface area contributed by atoms with Gasteiger partial charge >= 0.3 is 6.18 Å². The van der Waals surface area contributed by atoms with E-state index >= 15 is 0 Å². The van der Waals surface area contributed by atoms with Crippen molar-refractivity contribution in [2.45, 2.75) is 51.0 Å². The van der Waals surface area contributed by atoms with E-state index in [-0.39, 0.29) is 35.1 Å². The zero-order chi connectivity index (χ0) is 15.9. The Morgan fingerprint density at radius 1 is 1.32 bits per heavy atom. The molecule has 0 saturated carbocycles. The van der Waals surface area contributed by atoms with Gasteiger partial charge in [-0.1, -0.05) is 0 Å². The average molecular weight is 453 g/mol. The van der Waals surface area contributed by atoms with Crippen LogP contribution < -0.4 is 5.32 Å². The zero-order valence-electron chi connectivity index (χ0n) is 13.5. The highest BCUT2D eigenvalue weighted by molar-refractivity contribution is 14.0. The van der Waals surface area contributed by atoms with E-state index in [9.17, 15) is 13.2 Å². The van der Waals surface area contributed by atoms with Crippen LogP contribution in [0.4, 0.5) is 13.2 Å². The molecule has 0 spiro atoms. The van der Waals surface area contributed by atoms with Gasteiger partial charge in [-0.3, -0.25) is 4.99 Å². The van der Waals surface area contributed by atoms with Crippen LogP contribution in [0.25, 0.3) is 0 Å². The molecule has 1 saturated heterocycles. The standard InChI is InChI=1S/C14H26F3N3S.HI/c1-4-18-12(19-8-6-5-7-14(15,16)17)20-9-10-21-13(2,3)11-20;/h4-11H2,1-3H3,(H,18,19);1H. The average Bonchev–Trinajstić information content (AvgIpc) is 2.34. The second kappa shape index (κ2) is 10.1. The fraction of sp³-hybridized carbons (Fsp3) is 0.929. The van der Waals surface area contributed by atoms with E-state index in [0.29, 0.717) is 13.0 Å². The van der Waals surface area contributed by atoms with Crippen LogP contribution in [-0.2, 0) is 0 Å². The molecule has 3 nitrogen and oxygen atoms in total. The molecule has 0 amide bonds. The van der Waals surface area contributed by atoms with Gasteiger partial charge in [-0.2, -0.15) is 24.9 Å². The number of aliphatic imine (C=N–C) groups is 1. The molecule has 0 atom stereocenters. The number of nitrogens with one attached hydrogen (secondary N) is 1. The molecule has 1 aliphatic rings. The third kappa shape index (κ3) is 9.32. The van der Waals surface area contributed by atoms with Crippen LogP contribution in [0.3, 0.4) is 0 Å². The number of halogens is 4. The number of hydrogen-bond acceptors (Lipinski definition) is 2. The van der Waals surface area contributed by atoms with Crippen molar-refractivity contribution in [2.24, 2.45) is 4.99 Å². The molecular weight excluding hydrogens is 426 g/mol. The smallest absolute Gasteiger partial charge is 0.357 e. The van der Waals surface area contributed by atoms with Gasteiger partial charge in [0.05, 0.1) is 0 Å². The van der Waals surface area contributed by atoms with E-state index in [1.165, 1.54) is 0 Å². The van der Waals surface area contributed by atoms with E-state index < -0.39 is 12.6 Å². The first kappa shape index (κ1) is 22.1. The van der Waals surface area contributed by atoms with Gasteiger partial charge in [-0.25, -0.2) is 0 Å². The van der Waals surface area contributed by atoms with Gasteiger partial charge in [0.1, 0.15) is 0 Å². The summed E-state index contributed by atoms with van der Waals surface area (Å²) < 4.78 is 36.4. The van der Waals surface area contributed by atoms with E-state index in [4.69, 9.17) is 0 Å². The first-order valence-corrected chi connectivity index (χ1v) is 8.46. The Balaban J connectivity index is 0.00000441. The molecule has 1 aliphatic heterocycles. The number of hydrogen-bond donors (Lipinski definition) is 1. The molecule has 1 N–H and O–H groups in total. The van der Waals surface area contributed by atoms with E-state index in [2.05, 4.69) is 29.1 Å². The molecule has 0 radical (unpaired) electrons. The van der Waals surface area contributed by atoms with Gasteiger partial charge in [0.15, 0.2) is 5.96 Å². The van der Waals surface area contributed by atoms with Crippen LogP contribution in [-0.4, -0.2) is 53.7 Å². The summed E-state index contributed by atoms with van der Waals surface area (Å²) in [6.45, 7) is 9.47. The summed E-state index contributed by atoms with van der Waals surface area (Å²) in [7, 11) is 0. The summed E-state index contributed by atoms with van der Waals surface area (Å²) >= 11 is 1.94. The topological polar surface area (TPSA) is 27.6 Å². The van der Waals surface area contributed by atoms with Gasteiger partial charge in [0.25, 0.3) is 0 Å². The molecule has 8 heteroatoms. The lowest BCUT2D eigenvalue weighted by Crippen LogP contribution is -2.51. The van der Waals surface area contributed by atoms with Crippen molar-refractivity contribution in [1.29, 1.82) is 0 Å². The highest BCUT2D eigenvalue weighted by Gasteiger charge is 2.29. The van der Waals surface area contributed by atoms with Crippen LogP contribution in [0, 0.1) is 0 Å². The monoisotopic (exact) mass is 453 g/mol. The lowest BCUT2D eigenvalue weighted by Gasteiger charge is -2.39. The molecule has 1 rings (SSSR count). The predicted octanol–water partition coefficient (Wildman–Crippen LogP) is 4.13. The lowest BCUT2D eigenvalue weighted by molar-refractivity contribution is -0.135. The van der Waals surface area contributed by atoms with Gasteiger partial charge in [-0.05, 0) is 33.6 Å². The minimum Gasteiger partial charge on any atom is -0.357 e. The van der Waals surface area contributed by atoms with E-state index in [0.717, 1.165) is 31.3 Å². The molecule has 0 aliphatic carbocycles. The van der Waals surface area contributed by atoms with Crippen molar-refractivity contribution < 1.29 is 13.2 Å². The lowest BCUT2D eigenvalue weighted by atomic mass is 10.2. The van der Waals surface area contributed by atoms with Gasteiger partial charge in [0, 0.05) is 43.1 Å². The van der Waals surface area contributed by atoms with Crippen molar-refractivity contribution in [3.63, 3.8) is 0 Å². The van der Waals surface area contributed by atoms with Crippen molar-refractivity contribution in [1.82, 2.24) is 10.2 Å². The first-order chi connectivity index (χ1) is 9.73. The number of alkyl halides is 3. The van der Waals surface area contributed by atoms with Crippen molar-refractivity contribution in [3.8, 4) is 0 Å². The minimum atomic E-state index is -4.05. The molecule has 0 aromatic rings. The maximum absolute atomic E-state index is 12.1. The molecule has 0 aromatic carbocycles. The SMILES string of the molecule is CCNC(=NCCCCC(F)(F)F)N1CCSC(C)(C)C1.I. The summed E-state index contributed by atoms with van der Waals surface area (Å²) in [5.41, 5.74) is 0. The maximum atomic E-state index is 12.1. The Kier molecular flexibility index (Phi) is 10.2. The Hall–Kier alpha value is 0.140. The fourth-order valence-corrected chi connectivity index (χ4v) is 3.36. The normalized spacial score (nSPS) is 18.8. The van der Waals surface area contributed by atoms with Crippen LogP contribution in [0.15, 0.2) is 4.99 Å². The number of guanidine groups is 1. The fourth-order valence-electron chi connectivity index (χ4n) is 2.25. The highest BCUT2D eigenvalue weighted by Crippen LogP contribution is 2.29. The van der Waals surface area contributed by atoms with Gasteiger partial charge in [-0.15, -0.1) is 24.0 Å². The predicted molar refractivity (Wildman–Crippen MR) is 99.4 cm³/mol. The summed E-state index contributed by atoms with van der Waals surface area (Å²) in [6, 6.07) is 0. The largest absolute Gasteiger partial charge is 0.389 e. The molecule has 132 valence electrons. The molecular formula is C14H27F3IN3S. The molecule has 0 aromatic heterocycles. The minimum absolute atomic E-state index is 0. The maximum Gasteiger partial charge on any atom is 0.389 e. The van der Waals surface area contributed by atoms with E-state index in [1.807, 2.05) is 18.7 Å². The van der Waals surface area contributed by atoms with Gasteiger partial charge < -0.3 is 10.2 Å². The summed E-state index contributed by atoms with van der Waals surface area (Å²) in [4.78, 5) is 6.69. The molecule has 1 heterocycles. The molecule has 0 bridgehead atoms. The number of unbranched alkanes of at least 4 members (excludes halogenated alkanes) is 1. The number of nitrogens with zero attached hydrogens (tertiary/aromatic N) is 2. The Bertz CT molecular complexity index is 349. The quantitative estimate of drug-likeness (QED) is 0.294. The molecule has 22 heavy (non-hydrogen) atoms. The van der Waals surface area contributed by atoms with Gasteiger partial charge in [0.2, 0.25) is 0 Å². The van der Waals surface area contributed by atoms with Crippen molar-refractivity contribution >= 4 is 41.7 Å². The van der Waals surface area contributed by atoms with Crippen LogP contribution in [0.5, 0.6) is 0 Å². The molecule has 1 fully saturated rings. The number of rotatable bonds is 5. The second-order valence-electron chi connectivity index (χ2n) is 5.84.